The van der Waals surface area contributed by atoms with Gasteiger partial charge in [-0.2, -0.15) is 4.98 Å². The zero-order chi connectivity index (χ0) is 16.3. The van der Waals surface area contributed by atoms with E-state index in [1.54, 1.807) is 0 Å². The molecule has 2 heterocycles. The normalized spacial score (nSPS) is 22.2. The Morgan fingerprint density at radius 1 is 1.50 bits per heavy atom. The van der Waals surface area contributed by atoms with Gasteiger partial charge in [0.25, 0.3) is 5.89 Å². The van der Waals surface area contributed by atoms with Crippen molar-refractivity contribution in [3.8, 4) is 0 Å². The molecule has 1 aliphatic heterocycles. The Morgan fingerprint density at radius 2 is 2.23 bits per heavy atom. The fourth-order valence-corrected chi connectivity index (χ4v) is 2.51. The van der Waals surface area contributed by atoms with E-state index in [9.17, 15) is 4.79 Å². The second-order valence-electron chi connectivity index (χ2n) is 6.20. The van der Waals surface area contributed by atoms with Gasteiger partial charge >= 0.3 is 6.03 Å². The summed E-state index contributed by atoms with van der Waals surface area (Å²) in [5.74, 6) is 0.940. The molecule has 0 spiro atoms. The van der Waals surface area contributed by atoms with Gasteiger partial charge in [0.05, 0.1) is 12.2 Å². The summed E-state index contributed by atoms with van der Waals surface area (Å²) in [6.07, 6.45) is 1.32. The van der Waals surface area contributed by atoms with Crippen molar-refractivity contribution in [2.24, 2.45) is 5.73 Å². The molecule has 1 aliphatic rings. The van der Waals surface area contributed by atoms with Crippen LogP contribution in [0.5, 0.6) is 0 Å². The third-order valence-corrected chi connectivity index (χ3v) is 3.39. The summed E-state index contributed by atoms with van der Waals surface area (Å²) in [7, 11) is 0. The quantitative estimate of drug-likeness (QED) is 0.825. The van der Waals surface area contributed by atoms with Crippen molar-refractivity contribution in [1.29, 1.82) is 0 Å². The highest BCUT2D eigenvalue weighted by atomic mass is 16.5. The number of rotatable bonds is 6. The van der Waals surface area contributed by atoms with Crippen molar-refractivity contribution in [1.82, 2.24) is 15.5 Å². The number of urea groups is 1. The molecule has 1 aromatic heterocycles. The van der Waals surface area contributed by atoms with Gasteiger partial charge < -0.3 is 25.0 Å². The highest BCUT2D eigenvalue weighted by Gasteiger charge is 2.34. The molecule has 8 nitrogen and oxygen atoms in total. The van der Waals surface area contributed by atoms with Crippen molar-refractivity contribution < 1.29 is 18.8 Å². The standard InChI is InChI=1S/C14H24N4O4/c1-8(2)21-14(3,4)12-17-11(18-22-12)10-6-5-9(20-10)7-16-13(15)19/h8-10H,5-7H2,1-4H3,(H3,15,16,19). The lowest BCUT2D eigenvalue weighted by atomic mass is 10.1. The zero-order valence-electron chi connectivity index (χ0n) is 13.5. The summed E-state index contributed by atoms with van der Waals surface area (Å²) in [5.41, 5.74) is 4.40. The van der Waals surface area contributed by atoms with Crippen LogP contribution >= 0.6 is 0 Å². The summed E-state index contributed by atoms with van der Waals surface area (Å²) in [5, 5.41) is 6.54. The van der Waals surface area contributed by atoms with Gasteiger partial charge in [-0.15, -0.1) is 0 Å². The molecule has 0 saturated carbocycles. The van der Waals surface area contributed by atoms with Gasteiger partial charge in [0.1, 0.15) is 11.7 Å². The molecular formula is C14H24N4O4. The molecule has 124 valence electrons. The minimum Gasteiger partial charge on any atom is -0.365 e. The smallest absolute Gasteiger partial charge is 0.312 e. The largest absolute Gasteiger partial charge is 0.365 e. The van der Waals surface area contributed by atoms with E-state index in [0.29, 0.717) is 18.3 Å². The number of nitrogens with one attached hydrogen (secondary N) is 1. The lowest BCUT2D eigenvalue weighted by molar-refractivity contribution is -0.0782. The van der Waals surface area contributed by atoms with E-state index in [0.717, 1.165) is 12.8 Å². The number of hydrogen-bond acceptors (Lipinski definition) is 6. The summed E-state index contributed by atoms with van der Waals surface area (Å²) in [6, 6.07) is -0.554. The Morgan fingerprint density at radius 3 is 2.86 bits per heavy atom. The molecule has 0 radical (unpaired) electrons. The van der Waals surface area contributed by atoms with E-state index >= 15 is 0 Å². The van der Waals surface area contributed by atoms with Crippen molar-refractivity contribution in [2.75, 3.05) is 6.54 Å². The number of primary amides is 1. The number of carbonyl (C=O) groups excluding carboxylic acids is 1. The fourth-order valence-electron chi connectivity index (χ4n) is 2.51. The van der Waals surface area contributed by atoms with E-state index in [4.69, 9.17) is 19.7 Å². The van der Waals surface area contributed by atoms with Gasteiger partial charge in [0, 0.05) is 6.54 Å². The van der Waals surface area contributed by atoms with Gasteiger partial charge in [-0.1, -0.05) is 5.16 Å². The Bertz CT molecular complexity index is 515. The first kappa shape index (κ1) is 16.7. The number of ether oxygens (including phenoxy) is 2. The molecule has 1 saturated heterocycles. The summed E-state index contributed by atoms with van der Waals surface area (Å²) >= 11 is 0. The van der Waals surface area contributed by atoms with Crippen LogP contribution in [0.2, 0.25) is 0 Å². The molecule has 1 aromatic rings. The topological polar surface area (TPSA) is 113 Å². The molecule has 0 aliphatic carbocycles. The van der Waals surface area contributed by atoms with E-state index in [-0.39, 0.29) is 18.3 Å². The highest BCUT2D eigenvalue weighted by Crippen LogP contribution is 2.32. The van der Waals surface area contributed by atoms with Crippen molar-refractivity contribution in [3.63, 3.8) is 0 Å². The third-order valence-electron chi connectivity index (χ3n) is 3.39. The van der Waals surface area contributed by atoms with E-state index in [1.165, 1.54) is 0 Å². The van der Waals surface area contributed by atoms with Crippen LogP contribution in [-0.4, -0.2) is 34.9 Å². The Balaban J connectivity index is 1.96. The summed E-state index contributed by atoms with van der Waals surface area (Å²) in [6.45, 7) is 8.07. The summed E-state index contributed by atoms with van der Waals surface area (Å²) in [4.78, 5) is 15.1. The van der Waals surface area contributed by atoms with Crippen LogP contribution < -0.4 is 11.1 Å². The number of hydrogen-bond donors (Lipinski definition) is 2. The van der Waals surface area contributed by atoms with Crippen LogP contribution in [0.3, 0.4) is 0 Å². The SMILES string of the molecule is CC(C)OC(C)(C)c1nc(C2CCC(CNC(N)=O)O2)no1. The van der Waals surface area contributed by atoms with Gasteiger partial charge in [0.15, 0.2) is 0 Å². The molecular weight excluding hydrogens is 288 g/mol. The predicted octanol–water partition coefficient (Wildman–Crippen LogP) is 1.62. The van der Waals surface area contributed by atoms with E-state index in [1.807, 2.05) is 27.7 Å². The molecule has 2 unspecified atom stereocenters. The number of nitrogens with zero attached hydrogens (tertiary/aromatic N) is 2. The van der Waals surface area contributed by atoms with Crippen LogP contribution in [0, 0.1) is 0 Å². The molecule has 2 rings (SSSR count). The number of nitrogens with two attached hydrogens (primary N) is 1. The minimum absolute atomic E-state index is 0.0531. The van der Waals surface area contributed by atoms with Crippen LogP contribution in [-0.2, 0) is 15.1 Å². The lowest BCUT2D eigenvalue weighted by Gasteiger charge is -2.23. The monoisotopic (exact) mass is 312 g/mol. The number of carbonyl (C=O) groups is 1. The molecule has 8 heteroatoms. The maximum absolute atomic E-state index is 10.7. The first-order chi connectivity index (χ1) is 10.3. The zero-order valence-corrected chi connectivity index (χ0v) is 13.5. The van der Waals surface area contributed by atoms with Crippen LogP contribution in [0.25, 0.3) is 0 Å². The van der Waals surface area contributed by atoms with Crippen molar-refractivity contribution in [2.45, 2.75) is 64.4 Å². The molecule has 22 heavy (non-hydrogen) atoms. The second kappa shape index (κ2) is 6.62. The third kappa shape index (κ3) is 4.17. The Labute approximate surface area is 129 Å². The lowest BCUT2D eigenvalue weighted by Crippen LogP contribution is -2.35. The van der Waals surface area contributed by atoms with Crippen molar-refractivity contribution in [3.05, 3.63) is 11.7 Å². The minimum atomic E-state index is -0.648. The van der Waals surface area contributed by atoms with E-state index in [2.05, 4.69) is 15.5 Å². The molecule has 2 atom stereocenters. The predicted molar refractivity (Wildman–Crippen MR) is 78.0 cm³/mol. The average Bonchev–Trinajstić information content (AvgIpc) is 3.04. The second-order valence-corrected chi connectivity index (χ2v) is 6.20. The molecule has 0 aromatic carbocycles. The maximum Gasteiger partial charge on any atom is 0.312 e. The molecule has 3 N–H and O–H groups in total. The van der Waals surface area contributed by atoms with Gasteiger partial charge in [-0.3, -0.25) is 0 Å². The first-order valence-electron chi connectivity index (χ1n) is 7.48. The van der Waals surface area contributed by atoms with Crippen LogP contribution in [0.4, 0.5) is 4.79 Å². The van der Waals surface area contributed by atoms with E-state index < -0.39 is 11.6 Å². The van der Waals surface area contributed by atoms with Crippen molar-refractivity contribution >= 4 is 6.03 Å². The first-order valence-corrected chi connectivity index (χ1v) is 7.48. The fraction of sp³-hybridized carbons (Fsp3) is 0.786. The van der Waals surface area contributed by atoms with Gasteiger partial charge in [-0.05, 0) is 40.5 Å². The molecule has 2 amide bonds. The Hall–Kier alpha value is -1.67. The van der Waals surface area contributed by atoms with Gasteiger partial charge in [-0.25, -0.2) is 4.79 Å². The van der Waals surface area contributed by atoms with Crippen LogP contribution in [0.1, 0.15) is 58.4 Å². The summed E-state index contributed by atoms with van der Waals surface area (Å²) < 4.78 is 16.9. The number of amides is 2. The molecule has 0 bridgehead atoms. The van der Waals surface area contributed by atoms with Gasteiger partial charge in [0.2, 0.25) is 5.82 Å². The van der Waals surface area contributed by atoms with Crippen LogP contribution in [0.15, 0.2) is 4.52 Å². The Kier molecular flexibility index (Phi) is 5.02. The average molecular weight is 312 g/mol. The maximum atomic E-state index is 10.7. The highest BCUT2D eigenvalue weighted by molar-refractivity contribution is 5.71. The molecule has 1 fully saturated rings. The number of aromatic nitrogens is 2.